The molecule has 1 aromatic carbocycles. The molecule has 0 spiro atoms. The molecule has 0 fully saturated rings. The molecule has 0 aliphatic rings. The van der Waals surface area contributed by atoms with Gasteiger partial charge in [0.1, 0.15) is 0 Å². The Balaban J connectivity index is 0.00000121. The molecule has 12 heavy (non-hydrogen) atoms. The molecule has 0 atom stereocenters. The van der Waals surface area contributed by atoms with Crippen molar-refractivity contribution in [3.63, 3.8) is 0 Å². The van der Waals surface area contributed by atoms with Crippen LogP contribution in [0.4, 0.5) is 0 Å². The molecule has 0 saturated carbocycles. The standard InChI is InChI=1S/C9H11NO.HI/c1-6-4-3-5-8(7(6)2)9(10)11;/h3-5H,1-2H3,(H2,10,11);1H. The monoisotopic (exact) mass is 277 g/mol. The Bertz CT molecular complexity index is 297. The molecule has 66 valence electrons. The number of nitrogens with two attached hydrogens (primary N) is 1. The maximum atomic E-state index is 10.8. The average Bonchev–Trinajstić information content (AvgIpc) is 1.94. The molecule has 0 unspecified atom stereocenters. The van der Waals surface area contributed by atoms with Crippen molar-refractivity contribution in [3.05, 3.63) is 34.9 Å². The van der Waals surface area contributed by atoms with Gasteiger partial charge < -0.3 is 5.73 Å². The van der Waals surface area contributed by atoms with Gasteiger partial charge in [-0.05, 0) is 31.0 Å². The predicted octanol–water partition coefficient (Wildman–Crippen LogP) is 2.02. The first-order chi connectivity index (χ1) is 5.13. The molecule has 0 radical (unpaired) electrons. The second-order valence-electron chi connectivity index (χ2n) is 2.61. The highest BCUT2D eigenvalue weighted by Crippen LogP contribution is 2.11. The lowest BCUT2D eigenvalue weighted by atomic mass is 10.0. The van der Waals surface area contributed by atoms with Crippen molar-refractivity contribution in [1.29, 1.82) is 0 Å². The normalized spacial score (nSPS) is 8.83. The van der Waals surface area contributed by atoms with E-state index in [1.165, 1.54) is 0 Å². The van der Waals surface area contributed by atoms with Crippen molar-refractivity contribution in [2.24, 2.45) is 5.73 Å². The maximum absolute atomic E-state index is 10.8. The fourth-order valence-corrected chi connectivity index (χ4v) is 1.02. The fraction of sp³-hybridized carbons (Fsp3) is 0.222. The summed E-state index contributed by atoms with van der Waals surface area (Å²) in [5, 5.41) is 0. The molecule has 3 heteroatoms. The lowest BCUT2D eigenvalue weighted by Crippen LogP contribution is -2.12. The highest BCUT2D eigenvalue weighted by atomic mass is 127. The van der Waals surface area contributed by atoms with E-state index >= 15 is 0 Å². The van der Waals surface area contributed by atoms with E-state index in [1.54, 1.807) is 6.07 Å². The van der Waals surface area contributed by atoms with Gasteiger partial charge in [-0.25, -0.2) is 0 Å². The Hall–Kier alpha value is -0.580. The number of hydrogen-bond donors (Lipinski definition) is 1. The van der Waals surface area contributed by atoms with Crippen LogP contribution in [0.5, 0.6) is 0 Å². The van der Waals surface area contributed by atoms with Gasteiger partial charge in [0.2, 0.25) is 5.91 Å². The summed E-state index contributed by atoms with van der Waals surface area (Å²) in [5.41, 5.74) is 7.83. The largest absolute Gasteiger partial charge is 0.366 e. The van der Waals surface area contributed by atoms with Crippen LogP contribution in [0.15, 0.2) is 18.2 Å². The number of aryl methyl sites for hydroxylation is 1. The van der Waals surface area contributed by atoms with Crippen molar-refractivity contribution in [2.45, 2.75) is 13.8 Å². The van der Waals surface area contributed by atoms with Gasteiger partial charge in [0.25, 0.3) is 0 Å². The van der Waals surface area contributed by atoms with Crippen LogP contribution < -0.4 is 5.73 Å². The van der Waals surface area contributed by atoms with Crippen LogP contribution in [0, 0.1) is 13.8 Å². The lowest BCUT2D eigenvalue weighted by Gasteiger charge is -2.03. The number of rotatable bonds is 1. The molecule has 0 heterocycles. The summed E-state index contributed by atoms with van der Waals surface area (Å²) in [6.45, 7) is 3.86. The number of carbonyl (C=O) groups is 1. The molecule has 1 aromatic rings. The topological polar surface area (TPSA) is 43.1 Å². The van der Waals surface area contributed by atoms with Crippen LogP contribution in [-0.4, -0.2) is 5.91 Å². The van der Waals surface area contributed by atoms with Crippen molar-refractivity contribution < 1.29 is 4.79 Å². The van der Waals surface area contributed by atoms with Gasteiger partial charge in [-0.2, -0.15) is 0 Å². The molecule has 1 rings (SSSR count). The highest BCUT2D eigenvalue weighted by Gasteiger charge is 2.04. The minimum absolute atomic E-state index is 0. The quantitative estimate of drug-likeness (QED) is 0.784. The molecule has 0 aliphatic heterocycles. The van der Waals surface area contributed by atoms with Gasteiger partial charge in [0, 0.05) is 5.56 Å². The first-order valence-corrected chi connectivity index (χ1v) is 3.49. The number of carbonyl (C=O) groups excluding carboxylic acids is 1. The third kappa shape index (κ3) is 2.20. The zero-order chi connectivity index (χ0) is 8.43. The number of benzene rings is 1. The van der Waals surface area contributed by atoms with E-state index in [0.29, 0.717) is 5.56 Å². The maximum Gasteiger partial charge on any atom is 0.248 e. The molecule has 0 aromatic heterocycles. The summed E-state index contributed by atoms with van der Waals surface area (Å²) in [6, 6.07) is 5.54. The van der Waals surface area contributed by atoms with Crippen molar-refractivity contribution >= 4 is 29.9 Å². The number of amides is 1. The molecule has 2 nitrogen and oxygen atoms in total. The van der Waals surface area contributed by atoms with Gasteiger partial charge in [0.15, 0.2) is 0 Å². The molecule has 0 aliphatic carbocycles. The van der Waals surface area contributed by atoms with Gasteiger partial charge in [0.05, 0.1) is 0 Å². The first kappa shape index (κ1) is 11.4. The summed E-state index contributed by atoms with van der Waals surface area (Å²) in [7, 11) is 0. The zero-order valence-corrected chi connectivity index (χ0v) is 9.46. The predicted molar refractivity (Wildman–Crippen MR) is 59.8 cm³/mol. The van der Waals surface area contributed by atoms with E-state index in [2.05, 4.69) is 0 Å². The van der Waals surface area contributed by atoms with Crippen molar-refractivity contribution in [3.8, 4) is 0 Å². The van der Waals surface area contributed by atoms with Crippen LogP contribution in [0.3, 0.4) is 0 Å². The second kappa shape index (κ2) is 4.45. The minimum atomic E-state index is -0.355. The van der Waals surface area contributed by atoms with Gasteiger partial charge in [-0.15, -0.1) is 24.0 Å². The van der Waals surface area contributed by atoms with Crippen LogP contribution in [0.1, 0.15) is 21.5 Å². The molecular weight excluding hydrogens is 265 g/mol. The van der Waals surface area contributed by atoms with Gasteiger partial charge >= 0.3 is 0 Å². The Morgan fingerprint density at radius 1 is 1.33 bits per heavy atom. The summed E-state index contributed by atoms with van der Waals surface area (Å²) < 4.78 is 0. The van der Waals surface area contributed by atoms with E-state index in [-0.39, 0.29) is 29.9 Å². The molecule has 2 N–H and O–H groups in total. The van der Waals surface area contributed by atoms with Crippen LogP contribution in [0.2, 0.25) is 0 Å². The van der Waals surface area contributed by atoms with Crippen molar-refractivity contribution in [1.82, 2.24) is 0 Å². The van der Waals surface area contributed by atoms with Crippen LogP contribution >= 0.6 is 24.0 Å². The third-order valence-electron chi connectivity index (χ3n) is 1.87. The van der Waals surface area contributed by atoms with Crippen LogP contribution in [-0.2, 0) is 0 Å². The molecule has 0 bridgehead atoms. The number of hydrogen-bond acceptors (Lipinski definition) is 1. The van der Waals surface area contributed by atoms with Gasteiger partial charge in [-0.1, -0.05) is 12.1 Å². The number of primary amides is 1. The van der Waals surface area contributed by atoms with E-state index in [1.807, 2.05) is 26.0 Å². The van der Waals surface area contributed by atoms with Gasteiger partial charge in [-0.3, -0.25) is 4.79 Å². The second-order valence-corrected chi connectivity index (χ2v) is 2.61. The smallest absolute Gasteiger partial charge is 0.248 e. The summed E-state index contributed by atoms with van der Waals surface area (Å²) in [5.74, 6) is -0.355. The summed E-state index contributed by atoms with van der Waals surface area (Å²) in [4.78, 5) is 10.8. The Labute approximate surface area is 89.2 Å². The molecular formula is C9H12INO. The van der Waals surface area contributed by atoms with E-state index < -0.39 is 0 Å². The Morgan fingerprint density at radius 2 is 1.92 bits per heavy atom. The Morgan fingerprint density at radius 3 is 2.33 bits per heavy atom. The lowest BCUT2D eigenvalue weighted by molar-refractivity contribution is 0.0999. The highest BCUT2D eigenvalue weighted by molar-refractivity contribution is 14.0. The minimum Gasteiger partial charge on any atom is -0.366 e. The first-order valence-electron chi connectivity index (χ1n) is 3.49. The van der Waals surface area contributed by atoms with E-state index in [9.17, 15) is 4.79 Å². The number of halogens is 1. The average molecular weight is 277 g/mol. The summed E-state index contributed by atoms with van der Waals surface area (Å²) in [6.07, 6.45) is 0. The van der Waals surface area contributed by atoms with Crippen LogP contribution in [0.25, 0.3) is 0 Å². The van der Waals surface area contributed by atoms with Crippen molar-refractivity contribution in [2.75, 3.05) is 0 Å². The van der Waals surface area contributed by atoms with E-state index in [0.717, 1.165) is 11.1 Å². The Kier molecular flexibility index (Phi) is 4.23. The molecule has 1 amide bonds. The fourth-order valence-electron chi connectivity index (χ4n) is 1.02. The molecule has 0 saturated heterocycles. The third-order valence-corrected chi connectivity index (χ3v) is 1.87. The van der Waals surface area contributed by atoms with E-state index in [4.69, 9.17) is 5.73 Å². The zero-order valence-electron chi connectivity index (χ0n) is 7.13. The SMILES string of the molecule is Cc1cccc(C(N)=O)c1C.I. The summed E-state index contributed by atoms with van der Waals surface area (Å²) >= 11 is 0.